The number of ether oxygens (including phenoxy) is 4. The molecule has 174 valence electrons. The monoisotopic (exact) mass is 454 g/mol. The van der Waals surface area contributed by atoms with Gasteiger partial charge in [0.25, 0.3) is 0 Å². The van der Waals surface area contributed by atoms with E-state index in [4.69, 9.17) is 18.9 Å². The van der Waals surface area contributed by atoms with E-state index in [-0.39, 0.29) is 6.61 Å². The number of carbonyl (C=O) groups is 4. The summed E-state index contributed by atoms with van der Waals surface area (Å²) in [5.74, 6) is -1.56. The summed E-state index contributed by atoms with van der Waals surface area (Å²) < 4.78 is 20.7. The van der Waals surface area contributed by atoms with Crippen LogP contribution in [0.5, 0.6) is 11.5 Å². The van der Waals surface area contributed by atoms with Crippen molar-refractivity contribution in [1.29, 1.82) is 0 Å². The molecule has 0 spiro atoms. The summed E-state index contributed by atoms with van der Waals surface area (Å²) in [6.45, 7) is 5.04. The van der Waals surface area contributed by atoms with Gasteiger partial charge in [-0.25, -0.2) is 0 Å². The molecule has 2 atom stereocenters. The first-order valence-corrected chi connectivity index (χ1v) is 10.2. The van der Waals surface area contributed by atoms with Crippen LogP contribution < -0.4 is 9.47 Å². The third-order valence-corrected chi connectivity index (χ3v) is 4.33. The average Bonchev–Trinajstić information content (AvgIpc) is 2.73. The van der Waals surface area contributed by atoms with Crippen molar-refractivity contribution in [3.05, 3.63) is 65.7 Å². The molecule has 0 aromatic heterocycles. The molecule has 2 aromatic rings. The summed E-state index contributed by atoms with van der Waals surface area (Å²) in [6.07, 6.45) is 2.84. The zero-order valence-electron chi connectivity index (χ0n) is 18.9. The summed E-state index contributed by atoms with van der Waals surface area (Å²) in [7, 11) is 0. The van der Waals surface area contributed by atoms with E-state index >= 15 is 0 Å². The third-order valence-electron chi connectivity index (χ3n) is 4.33. The fourth-order valence-corrected chi connectivity index (χ4v) is 3.03. The van der Waals surface area contributed by atoms with Crippen LogP contribution in [-0.2, 0) is 28.7 Å². The fraction of sp³-hybridized carbons (Fsp3) is 0.280. The number of hydrogen-bond donors (Lipinski definition) is 0. The lowest BCUT2D eigenvalue weighted by Gasteiger charge is -2.24. The Kier molecular flexibility index (Phi) is 9.35. The van der Waals surface area contributed by atoms with Crippen LogP contribution in [0.1, 0.15) is 44.7 Å². The molecule has 0 amide bonds. The van der Waals surface area contributed by atoms with Crippen LogP contribution in [0.15, 0.2) is 54.6 Å². The number of benzene rings is 2. The highest BCUT2D eigenvalue weighted by molar-refractivity contribution is 5.70. The van der Waals surface area contributed by atoms with Gasteiger partial charge >= 0.3 is 23.9 Å². The minimum atomic E-state index is -0.789. The first-order chi connectivity index (χ1) is 15.6. The molecule has 8 nitrogen and oxygen atoms in total. The van der Waals surface area contributed by atoms with E-state index in [1.165, 1.54) is 27.7 Å². The highest BCUT2D eigenvalue weighted by Crippen LogP contribution is 2.28. The Hall–Kier alpha value is -3.94. The van der Waals surface area contributed by atoms with Gasteiger partial charge < -0.3 is 18.9 Å². The maximum atomic E-state index is 11.7. The van der Waals surface area contributed by atoms with Gasteiger partial charge in [-0.2, -0.15) is 0 Å². The summed E-state index contributed by atoms with van der Waals surface area (Å²) in [5.41, 5.74) is 1.55. The van der Waals surface area contributed by atoms with Crippen molar-refractivity contribution in [3.8, 4) is 11.5 Å². The first kappa shape index (κ1) is 25.3. The van der Waals surface area contributed by atoms with Crippen molar-refractivity contribution >= 4 is 30.0 Å². The normalized spacial score (nSPS) is 12.5. The Bertz CT molecular complexity index is 1010. The Balaban J connectivity index is 2.36. The molecule has 0 N–H and O–H groups in total. The fourth-order valence-electron chi connectivity index (χ4n) is 3.03. The van der Waals surface area contributed by atoms with E-state index in [1.54, 1.807) is 48.5 Å². The van der Waals surface area contributed by atoms with Crippen molar-refractivity contribution in [2.75, 3.05) is 6.61 Å². The molecule has 8 heteroatoms. The van der Waals surface area contributed by atoms with Crippen LogP contribution in [-0.4, -0.2) is 36.6 Å². The summed E-state index contributed by atoms with van der Waals surface area (Å²) >= 11 is 0. The van der Waals surface area contributed by atoms with Crippen LogP contribution in [0.25, 0.3) is 6.08 Å². The van der Waals surface area contributed by atoms with Gasteiger partial charge in [0.05, 0.1) is 0 Å². The van der Waals surface area contributed by atoms with Crippen LogP contribution in [0.2, 0.25) is 0 Å². The van der Waals surface area contributed by atoms with Crippen LogP contribution in [0, 0.1) is 0 Å². The molecular formula is C25H26O8. The second-order valence-corrected chi connectivity index (χ2v) is 7.16. The van der Waals surface area contributed by atoms with E-state index in [1.807, 2.05) is 12.2 Å². The molecule has 0 aliphatic rings. The lowest BCUT2D eigenvalue weighted by atomic mass is 9.92. The van der Waals surface area contributed by atoms with Crippen LogP contribution in [0.3, 0.4) is 0 Å². The van der Waals surface area contributed by atoms with E-state index < -0.39 is 35.9 Å². The molecule has 0 saturated heterocycles. The van der Waals surface area contributed by atoms with Crippen molar-refractivity contribution in [2.24, 2.45) is 0 Å². The Labute approximate surface area is 192 Å². The molecule has 0 saturated carbocycles. The lowest BCUT2D eigenvalue weighted by Crippen LogP contribution is -2.29. The summed E-state index contributed by atoms with van der Waals surface area (Å²) in [5, 5.41) is 0. The molecule has 0 unspecified atom stereocenters. The van der Waals surface area contributed by atoms with Gasteiger partial charge in [0.15, 0.2) is 0 Å². The maximum Gasteiger partial charge on any atom is 0.308 e. The Morgan fingerprint density at radius 1 is 0.727 bits per heavy atom. The SMILES string of the molecule is CC(=O)OC[C@@H](OC(C)=O)[C@H](C=Cc1ccc(OC(C)=O)cc1)c1ccc(OC(C)=O)cc1. The second kappa shape index (κ2) is 12.2. The Morgan fingerprint density at radius 2 is 1.24 bits per heavy atom. The predicted octanol–water partition coefficient (Wildman–Crippen LogP) is 3.83. The molecular weight excluding hydrogens is 428 g/mol. The molecule has 33 heavy (non-hydrogen) atoms. The number of esters is 4. The standard InChI is InChI=1S/C25H26O8/c1-16(26)30-15-25(33-19(4)29)24(21-8-12-23(13-9-21)32-18(3)28)14-7-20-5-10-22(11-6-20)31-17(2)27/h5-14,24-25H,15H2,1-4H3/t24-,25-/m1/s1. The molecule has 0 bridgehead atoms. The minimum Gasteiger partial charge on any atom is -0.462 e. The van der Waals surface area contributed by atoms with E-state index in [0.717, 1.165) is 11.1 Å². The van der Waals surface area contributed by atoms with Crippen molar-refractivity contribution in [1.82, 2.24) is 0 Å². The highest BCUT2D eigenvalue weighted by Gasteiger charge is 2.25. The van der Waals surface area contributed by atoms with Gasteiger partial charge in [-0.3, -0.25) is 19.2 Å². The maximum absolute atomic E-state index is 11.7. The third kappa shape index (κ3) is 8.98. The molecule has 0 radical (unpaired) electrons. The van der Waals surface area contributed by atoms with E-state index in [9.17, 15) is 19.2 Å². The largest absolute Gasteiger partial charge is 0.462 e. The molecule has 0 heterocycles. The highest BCUT2D eigenvalue weighted by atomic mass is 16.6. The van der Waals surface area contributed by atoms with Gasteiger partial charge in [0.2, 0.25) is 0 Å². The molecule has 2 aromatic carbocycles. The number of rotatable bonds is 9. The predicted molar refractivity (Wildman–Crippen MR) is 119 cm³/mol. The van der Waals surface area contributed by atoms with Crippen LogP contribution >= 0.6 is 0 Å². The zero-order valence-corrected chi connectivity index (χ0v) is 18.9. The van der Waals surface area contributed by atoms with Gasteiger partial charge in [-0.1, -0.05) is 36.4 Å². The van der Waals surface area contributed by atoms with Crippen LogP contribution in [0.4, 0.5) is 0 Å². The minimum absolute atomic E-state index is 0.138. The van der Waals surface area contributed by atoms with Crippen molar-refractivity contribution < 1.29 is 38.1 Å². The topological polar surface area (TPSA) is 105 Å². The Morgan fingerprint density at radius 3 is 1.70 bits per heavy atom. The zero-order chi connectivity index (χ0) is 24.4. The second-order valence-electron chi connectivity index (χ2n) is 7.16. The summed E-state index contributed by atoms with van der Waals surface area (Å²) in [6, 6.07) is 13.6. The molecule has 2 rings (SSSR count). The van der Waals surface area contributed by atoms with E-state index in [2.05, 4.69) is 0 Å². The number of hydrogen-bond acceptors (Lipinski definition) is 8. The number of carbonyl (C=O) groups excluding carboxylic acids is 4. The average molecular weight is 454 g/mol. The van der Waals surface area contributed by atoms with Gasteiger partial charge in [0.1, 0.15) is 24.2 Å². The molecule has 0 fully saturated rings. The van der Waals surface area contributed by atoms with Gasteiger partial charge in [0, 0.05) is 33.6 Å². The molecule has 0 aliphatic heterocycles. The molecule has 0 aliphatic carbocycles. The van der Waals surface area contributed by atoms with Crippen molar-refractivity contribution in [2.45, 2.75) is 39.7 Å². The van der Waals surface area contributed by atoms with Gasteiger partial charge in [-0.15, -0.1) is 0 Å². The van der Waals surface area contributed by atoms with E-state index in [0.29, 0.717) is 11.5 Å². The first-order valence-electron chi connectivity index (χ1n) is 10.2. The smallest absolute Gasteiger partial charge is 0.308 e. The quantitative estimate of drug-likeness (QED) is 0.416. The summed E-state index contributed by atoms with van der Waals surface area (Å²) in [4.78, 5) is 45.4. The van der Waals surface area contributed by atoms with Gasteiger partial charge in [-0.05, 0) is 35.4 Å². The lowest BCUT2D eigenvalue weighted by molar-refractivity contribution is -0.157. The van der Waals surface area contributed by atoms with Crippen molar-refractivity contribution in [3.63, 3.8) is 0 Å².